The second-order valence-electron chi connectivity index (χ2n) is 5.39. The zero-order valence-corrected chi connectivity index (χ0v) is 15.0. The lowest BCUT2D eigenvalue weighted by Crippen LogP contribution is -2.13. The number of anilines is 2. The van der Waals surface area contributed by atoms with Gasteiger partial charge < -0.3 is 15.4 Å². The van der Waals surface area contributed by atoms with Crippen molar-refractivity contribution >= 4 is 40.4 Å². The van der Waals surface area contributed by atoms with Gasteiger partial charge in [0, 0.05) is 23.6 Å². The predicted molar refractivity (Wildman–Crippen MR) is 101 cm³/mol. The number of rotatable bonds is 5. The highest BCUT2D eigenvalue weighted by molar-refractivity contribution is 6.31. The molecule has 0 saturated heterocycles. The molecular weight excluding hydrogens is 340 g/mol. The van der Waals surface area contributed by atoms with E-state index in [9.17, 15) is 9.59 Å². The number of amides is 2. The summed E-state index contributed by atoms with van der Waals surface area (Å²) >= 11 is 5.94. The molecule has 0 atom stereocenters. The summed E-state index contributed by atoms with van der Waals surface area (Å²) in [5, 5.41) is 5.86. The van der Waals surface area contributed by atoms with Gasteiger partial charge in [0.15, 0.2) is 0 Å². The average molecular weight is 359 g/mol. The quantitative estimate of drug-likeness (QED) is 0.781. The molecule has 2 aromatic rings. The lowest BCUT2D eigenvalue weighted by atomic mass is 10.1. The second kappa shape index (κ2) is 8.35. The number of methoxy groups -OCH3 is 1. The molecule has 0 bridgehead atoms. The lowest BCUT2D eigenvalue weighted by molar-refractivity contribution is -0.114. The molecule has 0 spiro atoms. The molecule has 0 aliphatic carbocycles. The van der Waals surface area contributed by atoms with Crippen molar-refractivity contribution in [3.8, 4) is 5.75 Å². The fourth-order valence-corrected chi connectivity index (χ4v) is 2.50. The normalized spacial score (nSPS) is 11.0. The Balaban J connectivity index is 2.23. The Hall–Kier alpha value is -2.79. The molecule has 6 heteroatoms. The van der Waals surface area contributed by atoms with E-state index >= 15 is 0 Å². The Morgan fingerprint density at radius 3 is 2.44 bits per heavy atom. The number of ether oxygens (including phenoxy) is 1. The Morgan fingerprint density at radius 2 is 1.76 bits per heavy atom. The summed E-state index contributed by atoms with van der Waals surface area (Å²) < 4.78 is 5.31. The van der Waals surface area contributed by atoms with Gasteiger partial charge in [-0.15, -0.1) is 0 Å². The van der Waals surface area contributed by atoms with Crippen LogP contribution < -0.4 is 15.4 Å². The molecule has 25 heavy (non-hydrogen) atoms. The zero-order valence-electron chi connectivity index (χ0n) is 14.2. The SMILES string of the molecule is COc1ccccc1/C(C)=C/C(=O)Nc1ccc(Cl)cc1NC(C)=O. The van der Waals surface area contributed by atoms with E-state index in [2.05, 4.69) is 10.6 Å². The predicted octanol–water partition coefficient (Wildman–Crippen LogP) is 4.35. The van der Waals surface area contributed by atoms with Gasteiger partial charge in [-0.1, -0.05) is 29.8 Å². The number of para-hydroxylation sites is 1. The maximum atomic E-state index is 12.3. The molecule has 0 heterocycles. The third-order valence-corrected chi connectivity index (χ3v) is 3.66. The van der Waals surface area contributed by atoms with E-state index in [-0.39, 0.29) is 11.8 Å². The monoisotopic (exact) mass is 358 g/mol. The first-order valence-corrected chi connectivity index (χ1v) is 7.98. The summed E-state index contributed by atoms with van der Waals surface area (Å²) in [4.78, 5) is 23.6. The number of hydrogen-bond donors (Lipinski definition) is 2. The first-order valence-electron chi connectivity index (χ1n) is 7.60. The topological polar surface area (TPSA) is 67.4 Å². The second-order valence-corrected chi connectivity index (χ2v) is 5.82. The maximum absolute atomic E-state index is 12.3. The van der Waals surface area contributed by atoms with Gasteiger partial charge in [0.05, 0.1) is 18.5 Å². The van der Waals surface area contributed by atoms with Crippen molar-refractivity contribution < 1.29 is 14.3 Å². The number of hydrogen-bond acceptors (Lipinski definition) is 3. The molecule has 2 aromatic carbocycles. The Kier molecular flexibility index (Phi) is 6.19. The van der Waals surface area contributed by atoms with Gasteiger partial charge in [0.25, 0.3) is 0 Å². The van der Waals surface area contributed by atoms with Crippen LogP contribution >= 0.6 is 11.6 Å². The molecule has 0 aliphatic rings. The molecule has 0 unspecified atom stereocenters. The first-order chi connectivity index (χ1) is 11.9. The molecule has 0 radical (unpaired) electrons. The summed E-state index contributed by atoms with van der Waals surface area (Å²) in [5.41, 5.74) is 2.49. The third kappa shape index (κ3) is 5.09. The van der Waals surface area contributed by atoms with Gasteiger partial charge in [-0.25, -0.2) is 0 Å². The number of allylic oxidation sites excluding steroid dienone is 1. The van der Waals surface area contributed by atoms with Crippen LogP contribution in [0.15, 0.2) is 48.5 Å². The van der Waals surface area contributed by atoms with Crippen LogP contribution in [-0.2, 0) is 9.59 Å². The van der Waals surface area contributed by atoms with Crippen molar-refractivity contribution in [2.75, 3.05) is 17.7 Å². The smallest absolute Gasteiger partial charge is 0.248 e. The molecule has 130 valence electrons. The molecule has 0 aromatic heterocycles. The fraction of sp³-hybridized carbons (Fsp3) is 0.158. The van der Waals surface area contributed by atoms with Crippen LogP contribution in [0.1, 0.15) is 19.4 Å². The molecule has 0 aliphatic heterocycles. The van der Waals surface area contributed by atoms with E-state index in [1.54, 1.807) is 25.3 Å². The van der Waals surface area contributed by atoms with Gasteiger partial charge in [0.1, 0.15) is 5.75 Å². The van der Waals surface area contributed by atoms with E-state index in [0.717, 1.165) is 11.1 Å². The van der Waals surface area contributed by atoms with Crippen molar-refractivity contribution in [2.45, 2.75) is 13.8 Å². The van der Waals surface area contributed by atoms with Crippen LogP contribution in [0.3, 0.4) is 0 Å². The fourth-order valence-electron chi connectivity index (χ4n) is 2.33. The first kappa shape index (κ1) is 18.5. The zero-order chi connectivity index (χ0) is 18.4. The van der Waals surface area contributed by atoms with Gasteiger partial charge in [-0.2, -0.15) is 0 Å². The highest BCUT2D eigenvalue weighted by atomic mass is 35.5. The summed E-state index contributed by atoms with van der Waals surface area (Å²) in [5.74, 6) is 0.116. The molecule has 5 nitrogen and oxygen atoms in total. The number of halogens is 1. The van der Waals surface area contributed by atoms with Gasteiger partial charge in [-0.3, -0.25) is 9.59 Å². The number of benzene rings is 2. The molecule has 0 fully saturated rings. The summed E-state index contributed by atoms with van der Waals surface area (Å²) in [6, 6.07) is 12.3. The summed E-state index contributed by atoms with van der Waals surface area (Å²) in [7, 11) is 1.58. The van der Waals surface area contributed by atoms with Gasteiger partial charge in [0.2, 0.25) is 11.8 Å². The largest absolute Gasteiger partial charge is 0.496 e. The van der Waals surface area contributed by atoms with E-state index in [1.165, 1.54) is 13.0 Å². The molecule has 2 N–H and O–H groups in total. The van der Waals surface area contributed by atoms with E-state index in [0.29, 0.717) is 22.1 Å². The minimum atomic E-state index is -0.322. The van der Waals surface area contributed by atoms with E-state index in [4.69, 9.17) is 16.3 Å². The highest BCUT2D eigenvalue weighted by Gasteiger charge is 2.10. The standard InChI is InChI=1S/C19H19ClN2O3/c1-12(15-6-4-5-7-18(15)25-3)10-19(24)22-16-9-8-14(20)11-17(16)21-13(2)23/h4-11H,1-3H3,(H,21,23)(H,22,24)/b12-10+. The number of carbonyl (C=O) groups is 2. The molecule has 2 rings (SSSR count). The molecule has 0 saturated carbocycles. The van der Waals surface area contributed by atoms with E-state index in [1.807, 2.05) is 31.2 Å². The Labute approximate surface area is 151 Å². The number of carbonyl (C=O) groups excluding carboxylic acids is 2. The maximum Gasteiger partial charge on any atom is 0.248 e. The summed E-state index contributed by atoms with van der Waals surface area (Å²) in [6.07, 6.45) is 1.48. The highest BCUT2D eigenvalue weighted by Crippen LogP contribution is 2.27. The van der Waals surface area contributed by atoms with Crippen LogP contribution in [0.2, 0.25) is 5.02 Å². The molecular formula is C19H19ClN2O3. The van der Waals surface area contributed by atoms with E-state index < -0.39 is 0 Å². The van der Waals surface area contributed by atoms with Crippen LogP contribution in [-0.4, -0.2) is 18.9 Å². The number of nitrogens with one attached hydrogen (secondary N) is 2. The summed E-state index contributed by atoms with van der Waals surface area (Å²) in [6.45, 7) is 3.21. The van der Waals surface area contributed by atoms with Gasteiger partial charge in [-0.05, 0) is 36.8 Å². The third-order valence-electron chi connectivity index (χ3n) is 3.43. The van der Waals surface area contributed by atoms with Crippen LogP contribution in [0.4, 0.5) is 11.4 Å². The Morgan fingerprint density at radius 1 is 1.04 bits per heavy atom. The molecule has 2 amide bonds. The van der Waals surface area contributed by atoms with Crippen molar-refractivity contribution in [3.63, 3.8) is 0 Å². The van der Waals surface area contributed by atoms with Crippen LogP contribution in [0.5, 0.6) is 5.75 Å². The van der Waals surface area contributed by atoms with Crippen molar-refractivity contribution in [1.82, 2.24) is 0 Å². The van der Waals surface area contributed by atoms with Gasteiger partial charge >= 0.3 is 0 Å². The minimum Gasteiger partial charge on any atom is -0.496 e. The minimum absolute atomic E-state index is 0.251. The van der Waals surface area contributed by atoms with Crippen LogP contribution in [0.25, 0.3) is 5.57 Å². The van der Waals surface area contributed by atoms with Crippen LogP contribution in [0, 0.1) is 0 Å². The Bertz CT molecular complexity index is 831. The lowest BCUT2D eigenvalue weighted by Gasteiger charge is -2.12. The van der Waals surface area contributed by atoms with Crippen molar-refractivity contribution in [1.29, 1.82) is 0 Å². The average Bonchev–Trinajstić information content (AvgIpc) is 2.56. The van der Waals surface area contributed by atoms with Crippen molar-refractivity contribution in [3.05, 3.63) is 59.1 Å². The van der Waals surface area contributed by atoms with Crippen molar-refractivity contribution in [2.24, 2.45) is 0 Å².